The molecule has 1 amide bonds. The predicted octanol–water partition coefficient (Wildman–Crippen LogP) is 3.63. The van der Waals surface area contributed by atoms with Gasteiger partial charge in [0.1, 0.15) is 29.3 Å². The van der Waals surface area contributed by atoms with E-state index in [0.29, 0.717) is 41.7 Å². The number of halogens is 3. The largest absolute Gasteiger partial charge is 0.489 e. The lowest BCUT2D eigenvalue weighted by atomic mass is 9.89. The highest BCUT2D eigenvalue weighted by molar-refractivity contribution is 6.03. The Balaban J connectivity index is 1.37. The van der Waals surface area contributed by atoms with Crippen LogP contribution in [0.4, 0.5) is 30.6 Å². The molecule has 4 rings (SSSR count). The normalized spacial score (nSPS) is 22.8. The number of rotatable bonds is 5. The minimum Gasteiger partial charge on any atom is -0.489 e. The SMILES string of the molecule is Cc1nc(NC2CC(Oc3ccc(C(F)(F)F)nc3)C2)nc2c1NC(=O)[C@H](C(C)C)N2C. The van der Waals surface area contributed by atoms with Crippen LogP contribution in [-0.4, -0.2) is 46.1 Å². The van der Waals surface area contributed by atoms with Gasteiger partial charge in [0.05, 0.1) is 11.9 Å². The summed E-state index contributed by atoms with van der Waals surface area (Å²) in [6.07, 6.45) is -2.20. The number of fused-ring (bicyclic) bond motifs is 1. The fraction of sp³-hybridized carbons (Fsp3) is 0.524. The summed E-state index contributed by atoms with van der Waals surface area (Å²) in [7, 11) is 1.85. The third-order valence-corrected chi connectivity index (χ3v) is 5.73. The third kappa shape index (κ3) is 4.28. The van der Waals surface area contributed by atoms with Crippen molar-refractivity contribution in [3.8, 4) is 5.75 Å². The zero-order chi connectivity index (χ0) is 23.2. The number of carbonyl (C=O) groups is 1. The van der Waals surface area contributed by atoms with Crippen LogP contribution in [0.2, 0.25) is 0 Å². The van der Waals surface area contributed by atoms with Gasteiger partial charge in [-0.3, -0.25) is 4.79 Å². The maximum Gasteiger partial charge on any atom is 0.433 e. The summed E-state index contributed by atoms with van der Waals surface area (Å²) in [5.74, 6) is 1.48. The van der Waals surface area contributed by atoms with Crippen molar-refractivity contribution in [3.63, 3.8) is 0 Å². The first-order valence-electron chi connectivity index (χ1n) is 10.4. The lowest BCUT2D eigenvalue weighted by molar-refractivity contribution is -0.141. The van der Waals surface area contributed by atoms with Gasteiger partial charge in [-0.1, -0.05) is 13.8 Å². The van der Waals surface area contributed by atoms with Gasteiger partial charge in [-0.2, -0.15) is 18.2 Å². The first kappa shape index (κ1) is 22.1. The van der Waals surface area contributed by atoms with Crippen LogP contribution in [0.15, 0.2) is 18.3 Å². The molecule has 32 heavy (non-hydrogen) atoms. The number of nitrogens with one attached hydrogen (secondary N) is 2. The van der Waals surface area contributed by atoms with E-state index in [1.165, 1.54) is 6.07 Å². The highest BCUT2D eigenvalue weighted by atomic mass is 19.4. The third-order valence-electron chi connectivity index (χ3n) is 5.73. The number of hydrogen-bond donors (Lipinski definition) is 2. The van der Waals surface area contributed by atoms with E-state index in [4.69, 9.17) is 4.74 Å². The number of ether oxygens (including phenoxy) is 1. The zero-order valence-electron chi connectivity index (χ0n) is 18.2. The number of anilines is 3. The Morgan fingerprint density at radius 3 is 2.56 bits per heavy atom. The standard InChI is InChI=1S/C21H25F3N6O2/c1-10(2)17-19(31)28-16-11(3)26-20(29-18(16)30(17)4)27-12-7-14(8-12)32-13-5-6-15(25-9-13)21(22,23)24/h5-6,9-10,12,14,17H,7-8H2,1-4H3,(H,28,31)(H,26,27,29)/t12?,14?,17-/m0/s1. The van der Waals surface area contributed by atoms with E-state index in [1.54, 1.807) is 0 Å². The molecule has 2 aliphatic rings. The van der Waals surface area contributed by atoms with Gasteiger partial charge in [-0.15, -0.1) is 0 Å². The molecule has 2 N–H and O–H groups in total. The summed E-state index contributed by atoms with van der Waals surface area (Å²) in [4.78, 5) is 26.8. The molecule has 0 bridgehead atoms. The number of alkyl halides is 3. The van der Waals surface area contributed by atoms with E-state index in [9.17, 15) is 18.0 Å². The van der Waals surface area contributed by atoms with Crippen LogP contribution in [0.5, 0.6) is 5.75 Å². The fourth-order valence-electron chi connectivity index (χ4n) is 4.05. The molecular weight excluding hydrogens is 425 g/mol. The molecule has 1 aliphatic heterocycles. The lowest BCUT2D eigenvalue weighted by Crippen LogP contribution is -2.50. The molecule has 8 nitrogen and oxygen atoms in total. The number of likely N-dealkylation sites (N-methyl/N-ethyl adjacent to an activating group) is 1. The van der Waals surface area contributed by atoms with Gasteiger partial charge >= 0.3 is 6.18 Å². The summed E-state index contributed by atoms with van der Waals surface area (Å²) in [5, 5.41) is 6.20. The second-order valence-corrected chi connectivity index (χ2v) is 8.55. The highest BCUT2D eigenvalue weighted by Gasteiger charge is 2.37. The van der Waals surface area contributed by atoms with E-state index in [0.717, 1.165) is 12.3 Å². The minimum absolute atomic E-state index is 0.0702. The molecule has 172 valence electrons. The minimum atomic E-state index is -4.47. The van der Waals surface area contributed by atoms with Crippen molar-refractivity contribution < 1.29 is 22.7 Å². The smallest absolute Gasteiger partial charge is 0.433 e. The Morgan fingerprint density at radius 1 is 1.25 bits per heavy atom. The van der Waals surface area contributed by atoms with Crippen molar-refractivity contribution in [1.29, 1.82) is 0 Å². The summed E-state index contributed by atoms with van der Waals surface area (Å²) in [5.41, 5.74) is 0.339. The van der Waals surface area contributed by atoms with Crippen molar-refractivity contribution in [3.05, 3.63) is 29.7 Å². The van der Waals surface area contributed by atoms with E-state index in [1.807, 2.05) is 32.7 Å². The second kappa shape index (κ2) is 8.10. The molecule has 0 saturated heterocycles. The molecule has 11 heteroatoms. The topological polar surface area (TPSA) is 92.3 Å². The van der Waals surface area contributed by atoms with Gasteiger partial charge < -0.3 is 20.3 Å². The molecule has 1 aliphatic carbocycles. The lowest BCUT2D eigenvalue weighted by Gasteiger charge is -2.38. The molecule has 0 aromatic carbocycles. The first-order chi connectivity index (χ1) is 15.0. The predicted molar refractivity (Wildman–Crippen MR) is 113 cm³/mol. The summed E-state index contributed by atoms with van der Waals surface area (Å²) < 4.78 is 43.5. The number of aryl methyl sites for hydroxylation is 1. The van der Waals surface area contributed by atoms with E-state index in [-0.39, 0.29) is 30.0 Å². The molecule has 0 spiro atoms. The van der Waals surface area contributed by atoms with Gasteiger partial charge in [0, 0.05) is 25.9 Å². The number of hydrogen-bond acceptors (Lipinski definition) is 7. The number of amides is 1. The number of aromatic nitrogens is 3. The molecule has 0 unspecified atom stereocenters. The molecule has 0 radical (unpaired) electrons. The quantitative estimate of drug-likeness (QED) is 0.719. The number of carbonyl (C=O) groups excluding carboxylic acids is 1. The summed E-state index contributed by atoms with van der Waals surface area (Å²) in [6, 6.07) is 1.95. The zero-order valence-corrected chi connectivity index (χ0v) is 18.2. The van der Waals surface area contributed by atoms with Gasteiger partial charge in [0.15, 0.2) is 5.82 Å². The van der Waals surface area contributed by atoms with Gasteiger partial charge in [0.2, 0.25) is 11.9 Å². The Morgan fingerprint density at radius 2 is 1.97 bits per heavy atom. The molecule has 1 fully saturated rings. The average Bonchev–Trinajstić information content (AvgIpc) is 2.67. The summed E-state index contributed by atoms with van der Waals surface area (Å²) in [6.45, 7) is 5.79. The van der Waals surface area contributed by atoms with Crippen molar-refractivity contribution in [1.82, 2.24) is 15.0 Å². The Hall–Kier alpha value is -3.11. The summed E-state index contributed by atoms with van der Waals surface area (Å²) >= 11 is 0. The fourth-order valence-corrected chi connectivity index (χ4v) is 4.05. The molecule has 3 heterocycles. The Kier molecular flexibility index (Phi) is 5.59. The monoisotopic (exact) mass is 450 g/mol. The van der Waals surface area contributed by atoms with E-state index < -0.39 is 11.9 Å². The van der Waals surface area contributed by atoms with Crippen LogP contribution >= 0.6 is 0 Å². The first-order valence-corrected chi connectivity index (χ1v) is 10.4. The van der Waals surface area contributed by atoms with Crippen molar-refractivity contribution in [2.45, 2.75) is 58.0 Å². The van der Waals surface area contributed by atoms with Gasteiger partial charge in [0.25, 0.3) is 0 Å². The average molecular weight is 450 g/mol. The number of pyridine rings is 1. The van der Waals surface area contributed by atoms with E-state index in [2.05, 4.69) is 25.6 Å². The van der Waals surface area contributed by atoms with Crippen molar-refractivity contribution in [2.24, 2.45) is 5.92 Å². The highest BCUT2D eigenvalue weighted by Crippen LogP contribution is 2.35. The van der Waals surface area contributed by atoms with Crippen LogP contribution in [0, 0.1) is 12.8 Å². The van der Waals surface area contributed by atoms with Crippen LogP contribution in [0.1, 0.15) is 38.1 Å². The van der Waals surface area contributed by atoms with Crippen LogP contribution in [-0.2, 0) is 11.0 Å². The molecule has 2 aromatic rings. The molecular formula is C21H25F3N6O2. The van der Waals surface area contributed by atoms with Crippen LogP contribution in [0.3, 0.4) is 0 Å². The maximum absolute atomic E-state index is 12.6. The second-order valence-electron chi connectivity index (χ2n) is 8.55. The number of nitrogens with zero attached hydrogens (tertiary/aromatic N) is 4. The van der Waals surface area contributed by atoms with Gasteiger partial charge in [-0.05, 0) is 25.0 Å². The van der Waals surface area contributed by atoms with Crippen molar-refractivity contribution >= 4 is 23.4 Å². The Labute approximate surface area is 183 Å². The molecule has 2 aromatic heterocycles. The molecule has 1 atom stereocenters. The maximum atomic E-state index is 12.6. The van der Waals surface area contributed by atoms with Crippen molar-refractivity contribution in [2.75, 3.05) is 22.6 Å². The van der Waals surface area contributed by atoms with E-state index >= 15 is 0 Å². The van der Waals surface area contributed by atoms with Crippen LogP contribution < -0.4 is 20.3 Å². The van der Waals surface area contributed by atoms with Gasteiger partial charge in [-0.25, -0.2) is 9.97 Å². The van der Waals surface area contributed by atoms with Crippen LogP contribution in [0.25, 0.3) is 0 Å². The Bertz CT molecular complexity index is 1010. The molecule has 1 saturated carbocycles.